The van der Waals surface area contributed by atoms with E-state index in [1.807, 2.05) is 32.6 Å². The number of hydrogen-bond acceptors (Lipinski definition) is 4. The Morgan fingerprint density at radius 2 is 2.20 bits per heavy atom. The standard InChI is InChI=1S/C19H27N5O/c1-4-17-20-10-12-24(17)18-9-5-8-16(21-18)15-7-6-11-23(13-15)14-19(25)22(2)3/h5,8-10,12,15H,4,6-7,11,13-14H2,1-3H3. The fraction of sp³-hybridized carbons (Fsp3) is 0.526. The molecule has 25 heavy (non-hydrogen) atoms. The van der Waals surface area contributed by atoms with Crippen LogP contribution in [0, 0.1) is 0 Å². The van der Waals surface area contributed by atoms with E-state index in [9.17, 15) is 4.79 Å². The van der Waals surface area contributed by atoms with Crippen molar-refractivity contribution in [1.82, 2.24) is 24.3 Å². The van der Waals surface area contributed by atoms with Crippen LogP contribution in [-0.2, 0) is 11.2 Å². The first kappa shape index (κ1) is 17.6. The van der Waals surface area contributed by atoms with E-state index in [1.165, 1.54) is 0 Å². The SMILES string of the molecule is CCc1nccn1-c1cccc(C2CCCN(CC(=O)N(C)C)C2)n1. The molecule has 6 nitrogen and oxygen atoms in total. The lowest BCUT2D eigenvalue weighted by atomic mass is 9.94. The van der Waals surface area contributed by atoms with Gasteiger partial charge in [-0.15, -0.1) is 0 Å². The third-order valence-corrected chi connectivity index (χ3v) is 4.82. The zero-order valence-electron chi connectivity index (χ0n) is 15.4. The van der Waals surface area contributed by atoms with Crippen molar-refractivity contribution in [3.63, 3.8) is 0 Å². The number of carbonyl (C=O) groups excluding carboxylic acids is 1. The van der Waals surface area contributed by atoms with Gasteiger partial charge >= 0.3 is 0 Å². The number of likely N-dealkylation sites (N-methyl/N-ethyl adjacent to an activating group) is 1. The fourth-order valence-corrected chi connectivity index (χ4v) is 3.38. The van der Waals surface area contributed by atoms with Crippen LogP contribution in [-0.4, -0.2) is 64.0 Å². The summed E-state index contributed by atoms with van der Waals surface area (Å²) in [4.78, 5) is 25.2. The second-order valence-electron chi connectivity index (χ2n) is 6.85. The second-order valence-corrected chi connectivity index (χ2v) is 6.85. The molecule has 0 aromatic carbocycles. The number of pyridine rings is 1. The number of nitrogens with zero attached hydrogens (tertiary/aromatic N) is 5. The number of imidazole rings is 1. The van der Waals surface area contributed by atoms with E-state index in [0.29, 0.717) is 12.5 Å². The van der Waals surface area contributed by atoms with Crippen LogP contribution in [0.2, 0.25) is 0 Å². The number of hydrogen-bond donors (Lipinski definition) is 0. The van der Waals surface area contributed by atoms with Crippen LogP contribution in [0.3, 0.4) is 0 Å². The van der Waals surface area contributed by atoms with Gasteiger partial charge in [0.25, 0.3) is 0 Å². The number of carbonyl (C=O) groups is 1. The molecule has 0 N–H and O–H groups in total. The van der Waals surface area contributed by atoms with E-state index in [-0.39, 0.29) is 5.91 Å². The zero-order valence-corrected chi connectivity index (χ0v) is 15.4. The number of aromatic nitrogens is 3. The number of rotatable bonds is 5. The Kier molecular flexibility index (Phi) is 5.48. The summed E-state index contributed by atoms with van der Waals surface area (Å²) in [5.41, 5.74) is 1.11. The van der Waals surface area contributed by atoms with E-state index in [4.69, 9.17) is 4.98 Å². The van der Waals surface area contributed by atoms with Gasteiger partial charge in [0, 0.05) is 51.1 Å². The van der Waals surface area contributed by atoms with Crippen LogP contribution in [0.4, 0.5) is 0 Å². The lowest BCUT2D eigenvalue weighted by Crippen LogP contribution is -2.41. The van der Waals surface area contributed by atoms with E-state index in [2.05, 4.69) is 33.5 Å². The topological polar surface area (TPSA) is 54.3 Å². The Morgan fingerprint density at radius 3 is 2.96 bits per heavy atom. The van der Waals surface area contributed by atoms with E-state index >= 15 is 0 Å². The summed E-state index contributed by atoms with van der Waals surface area (Å²) in [6.45, 7) is 4.46. The average Bonchev–Trinajstić information content (AvgIpc) is 3.11. The summed E-state index contributed by atoms with van der Waals surface area (Å²) in [7, 11) is 3.62. The van der Waals surface area contributed by atoms with Crippen LogP contribution in [0.25, 0.3) is 5.82 Å². The minimum Gasteiger partial charge on any atom is -0.348 e. The Labute approximate surface area is 149 Å². The summed E-state index contributed by atoms with van der Waals surface area (Å²) < 4.78 is 2.06. The van der Waals surface area contributed by atoms with Crippen LogP contribution in [0.5, 0.6) is 0 Å². The van der Waals surface area contributed by atoms with Gasteiger partial charge in [0.2, 0.25) is 5.91 Å². The molecule has 6 heteroatoms. The smallest absolute Gasteiger partial charge is 0.236 e. The first-order valence-corrected chi connectivity index (χ1v) is 9.00. The molecular formula is C19H27N5O. The molecule has 1 amide bonds. The van der Waals surface area contributed by atoms with Crippen LogP contribution < -0.4 is 0 Å². The van der Waals surface area contributed by atoms with Crippen LogP contribution in [0.15, 0.2) is 30.6 Å². The molecule has 1 aliphatic rings. The Balaban J connectivity index is 1.75. The van der Waals surface area contributed by atoms with Gasteiger partial charge in [-0.25, -0.2) is 9.97 Å². The number of piperidine rings is 1. The van der Waals surface area contributed by atoms with Gasteiger partial charge in [0.1, 0.15) is 11.6 Å². The number of likely N-dealkylation sites (tertiary alicyclic amines) is 1. The monoisotopic (exact) mass is 341 g/mol. The predicted octanol–water partition coefficient (Wildman–Crippen LogP) is 2.10. The summed E-state index contributed by atoms with van der Waals surface area (Å²) in [6.07, 6.45) is 6.88. The minimum atomic E-state index is 0.161. The molecule has 0 aliphatic carbocycles. The molecule has 0 radical (unpaired) electrons. The van der Waals surface area contributed by atoms with Crippen molar-refractivity contribution in [1.29, 1.82) is 0 Å². The Hall–Kier alpha value is -2.21. The quantitative estimate of drug-likeness (QED) is 0.836. The molecule has 1 atom stereocenters. The van der Waals surface area contributed by atoms with Crippen molar-refractivity contribution < 1.29 is 4.79 Å². The van der Waals surface area contributed by atoms with E-state index < -0.39 is 0 Å². The molecule has 1 unspecified atom stereocenters. The van der Waals surface area contributed by atoms with Gasteiger partial charge in [0.05, 0.1) is 6.54 Å². The molecule has 1 saturated heterocycles. The number of aryl methyl sites for hydroxylation is 1. The highest BCUT2D eigenvalue weighted by Crippen LogP contribution is 2.26. The van der Waals surface area contributed by atoms with Gasteiger partial charge in [-0.1, -0.05) is 13.0 Å². The molecule has 1 fully saturated rings. The van der Waals surface area contributed by atoms with Gasteiger partial charge < -0.3 is 4.90 Å². The van der Waals surface area contributed by atoms with Crippen LogP contribution >= 0.6 is 0 Å². The van der Waals surface area contributed by atoms with Gasteiger partial charge in [-0.05, 0) is 31.5 Å². The molecule has 3 rings (SSSR count). The van der Waals surface area contributed by atoms with Crippen LogP contribution in [0.1, 0.15) is 37.2 Å². The fourth-order valence-electron chi connectivity index (χ4n) is 3.38. The van der Waals surface area contributed by atoms with Crippen molar-refractivity contribution in [2.45, 2.75) is 32.1 Å². The Bertz CT molecular complexity index is 724. The minimum absolute atomic E-state index is 0.161. The van der Waals surface area contributed by atoms with Crippen molar-refractivity contribution in [3.8, 4) is 5.82 Å². The second kappa shape index (κ2) is 7.78. The lowest BCUT2D eigenvalue weighted by molar-refractivity contribution is -0.130. The van der Waals surface area contributed by atoms with Crippen molar-refractivity contribution in [2.75, 3.05) is 33.7 Å². The van der Waals surface area contributed by atoms with Gasteiger partial charge in [-0.2, -0.15) is 0 Å². The highest BCUT2D eigenvalue weighted by molar-refractivity contribution is 5.77. The van der Waals surface area contributed by atoms with Crippen molar-refractivity contribution in [3.05, 3.63) is 42.1 Å². The average molecular weight is 341 g/mol. The normalized spacial score (nSPS) is 18.3. The Morgan fingerprint density at radius 1 is 1.36 bits per heavy atom. The third-order valence-electron chi connectivity index (χ3n) is 4.82. The first-order valence-electron chi connectivity index (χ1n) is 9.00. The third kappa shape index (κ3) is 4.07. The molecule has 3 heterocycles. The maximum atomic E-state index is 12.0. The van der Waals surface area contributed by atoms with Crippen molar-refractivity contribution in [2.24, 2.45) is 0 Å². The van der Waals surface area contributed by atoms with E-state index in [0.717, 1.165) is 49.7 Å². The highest BCUT2D eigenvalue weighted by Gasteiger charge is 2.24. The molecule has 2 aromatic heterocycles. The summed E-state index contributed by atoms with van der Waals surface area (Å²) >= 11 is 0. The summed E-state index contributed by atoms with van der Waals surface area (Å²) in [6, 6.07) is 6.20. The van der Waals surface area contributed by atoms with E-state index in [1.54, 1.807) is 4.90 Å². The maximum absolute atomic E-state index is 12.0. The molecule has 134 valence electrons. The molecule has 0 saturated carbocycles. The molecule has 0 bridgehead atoms. The largest absolute Gasteiger partial charge is 0.348 e. The molecule has 1 aliphatic heterocycles. The predicted molar refractivity (Wildman–Crippen MR) is 97.8 cm³/mol. The lowest BCUT2D eigenvalue weighted by Gasteiger charge is -2.32. The maximum Gasteiger partial charge on any atom is 0.236 e. The number of amides is 1. The van der Waals surface area contributed by atoms with Gasteiger partial charge in [-0.3, -0.25) is 14.3 Å². The molecular weight excluding hydrogens is 314 g/mol. The molecule has 2 aromatic rings. The first-order chi connectivity index (χ1) is 12.1. The molecule has 0 spiro atoms. The highest BCUT2D eigenvalue weighted by atomic mass is 16.2. The summed E-state index contributed by atoms with van der Waals surface area (Å²) in [5, 5.41) is 0. The van der Waals surface area contributed by atoms with Crippen molar-refractivity contribution >= 4 is 5.91 Å². The summed E-state index contributed by atoms with van der Waals surface area (Å²) in [5.74, 6) is 2.48. The van der Waals surface area contributed by atoms with Gasteiger partial charge in [0.15, 0.2) is 0 Å². The zero-order chi connectivity index (χ0) is 17.8.